The van der Waals surface area contributed by atoms with E-state index in [1.54, 1.807) is 6.92 Å². The standard InChI is InChI=1S/C20H24FN3O3S/c1-15-4-3-5-18(12-15)23-8-10-24(11-9-23)28(26,27)14-20(25)22-19-13-17(21)7-6-16(19)2/h3-7,12-13H,8-11,14H2,1-2H3,(H,22,25). The number of nitrogens with zero attached hydrogens (tertiary/aromatic N) is 2. The number of rotatable bonds is 5. The molecule has 1 amide bonds. The molecule has 0 atom stereocenters. The SMILES string of the molecule is Cc1cccc(N2CCN(S(=O)(=O)CC(=O)Nc3cc(F)ccc3C)CC2)c1. The summed E-state index contributed by atoms with van der Waals surface area (Å²) >= 11 is 0. The van der Waals surface area contributed by atoms with E-state index in [0.717, 1.165) is 11.3 Å². The van der Waals surface area contributed by atoms with Crippen molar-refractivity contribution in [1.29, 1.82) is 0 Å². The fraction of sp³-hybridized carbons (Fsp3) is 0.350. The van der Waals surface area contributed by atoms with Crippen LogP contribution in [0.1, 0.15) is 11.1 Å². The van der Waals surface area contributed by atoms with E-state index in [0.29, 0.717) is 31.7 Å². The molecule has 2 aromatic rings. The van der Waals surface area contributed by atoms with Crippen LogP contribution in [0, 0.1) is 19.7 Å². The fourth-order valence-corrected chi connectivity index (χ4v) is 4.53. The number of anilines is 2. The molecule has 0 bridgehead atoms. The van der Waals surface area contributed by atoms with Gasteiger partial charge in [0.1, 0.15) is 11.6 Å². The summed E-state index contributed by atoms with van der Waals surface area (Å²) in [6.45, 7) is 5.50. The molecule has 2 aromatic carbocycles. The van der Waals surface area contributed by atoms with E-state index in [-0.39, 0.29) is 5.69 Å². The van der Waals surface area contributed by atoms with Gasteiger partial charge in [-0.25, -0.2) is 12.8 Å². The smallest absolute Gasteiger partial charge is 0.241 e. The zero-order valence-corrected chi connectivity index (χ0v) is 16.8. The largest absolute Gasteiger partial charge is 0.369 e. The molecule has 0 radical (unpaired) electrons. The maximum Gasteiger partial charge on any atom is 0.241 e. The number of hydrogen-bond acceptors (Lipinski definition) is 4. The van der Waals surface area contributed by atoms with Crippen molar-refractivity contribution >= 4 is 27.3 Å². The molecule has 1 aliphatic rings. The lowest BCUT2D eigenvalue weighted by Crippen LogP contribution is -2.50. The molecule has 1 aliphatic heterocycles. The lowest BCUT2D eigenvalue weighted by molar-refractivity contribution is -0.113. The molecule has 3 rings (SSSR count). The Balaban J connectivity index is 1.59. The highest BCUT2D eigenvalue weighted by Gasteiger charge is 2.29. The molecule has 28 heavy (non-hydrogen) atoms. The number of carbonyl (C=O) groups excluding carboxylic acids is 1. The highest BCUT2D eigenvalue weighted by atomic mass is 32.2. The second kappa shape index (κ2) is 8.28. The van der Waals surface area contributed by atoms with Crippen LogP contribution < -0.4 is 10.2 Å². The van der Waals surface area contributed by atoms with E-state index in [1.165, 1.54) is 22.5 Å². The highest BCUT2D eigenvalue weighted by Crippen LogP contribution is 2.20. The molecule has 1 saturated heterocycles. The third-order valence-corrected chi connectivity index (χ3v) is 6.56. The monoisotopic (exact) mass is 405 g/mol. The van der Waals surface area contributed by atoms with Crippen LogP contribution in [0.4, 0.5) is 15.8 Å². The van der Waals surface area contributed by atoms with Gasteiger partial charge in [0.2, 0.25) is 15.9 Å². The first-order chi connectivity index (χ1) is 13.2. The van der Waals surface area contributed by atoms with Gasteiger partial charge < -0.3 is 10.2 Å². The van der Waals surface area contributed by atoms with Gasteiger partial charge in [-0.05, 0) is 49.2 Å². The normalized spacial score (nSPS) is 15.5. The predicted octanol–water partition coefficient (Wildman–Crippen LogP) is 2.53. The third kappa shape index (κ3) is 4.88. The van der Waals surface area contributed by atoms with Gasteiger partial charge in [-0.15, -0.1) is 0 Å². The van der Waals surface area contributed by atoms with Gasteiger partial charge in [-0.1, -0.05) is 18.2 Å². The minimum Gasteiger partial charge on any atom is -0.369 e. The predicted molar refractivity (Wildman–Crippen MR) is 109 cm³/mol. The Bertz CT molecular complexity index is 970. The average molecular weight is 405 g/mol. The van der Waals surface area contributed by atoms with Crippen molar-refractivity contribution in [3.8, 4) is 0 Å². The van der Waals surface area contributed by atoms with Crippen LogP contribution in [0.15, 0.2) is 42.5 Å². The van der Waals surface area contributed by atoms with E-state index in [1.807, 2.05) is 25.1 Å². The van der Waals surface area contributed by atoms with Crippen LogP contribution in [-0.2, 0) is 14.8 Å². The van der Waals surface area contributed by atoms with Crippen molar-refractivity contribution < 1.29 is 17.6 Å². The van der Waals surface area contributed by atoms with Gasteiger partial charge >= 0.3 is 0 Å². The maximum atomic E-state index is 13.3. The molecule has 0 aromatic heterocycles. The Morgan fingerprint density at radius 2 is 1.79 bits per heavy atom. The van der Waals surface area contributed by atoms with Crippen LogP contribution in [0.2, 0.25) is 0 Å². The molecule has 1 heterocycles. The first kappa shape index (κ1) is 20.3. The molecule has 8 heteroatoms. The Hall–Kier alpha value is -2.45. The Kier molecular flexibility index (Phi) is 6.00. The zero-order valence-electron chi connectivity index (χ0n) is 16.0. The van der Waals surface area contributed by atoms with Crippen molar-refractivity contribution in [2.24, 2.45) is 0 Å². The van der Waals surface area contributed by atoms with Gasteiger partial charge in [0.05, 0.1) is 0 Å². The topological polar surface area (TPSA) is 69.7 Å². The van der Waals surface area contributed by atoms with Crippen LogP contribution >= 0.6 is 0 Å². The van der Waals surface area contributed by atoms with Crippen molar-refractivity contribution in [2.75, 3.05) is 42.1 Å². The number of aryl methyl sites for hydroxylation is 2. The lowest BCUT2D eigenvalue weighted by atomic mass is 10.2. The molecule has 0 saturated carbocycles. The van der Waals surface area contributed by atoms with Gasteiger partial charge in [0.15, 0.2) is 0 Å². The summed E-state index contributed by atoms with van der Waals surface area (Å²) in [5.41, 5.74) is 3.16. The molecule has 6 nitrogen and oxygen atoms in total. The number of piperazine rings is 1. The first-order valence-corrected chi connectivity index (χ1v) is 10.7. The Morgan fingerprint density at radius 3 is 2.46 bits per heavy atom. The molecule has 0 aliphatic carbocycles. The van der Waals surface area contributed by atoms with Gasteiger partial charge in [-0.3, -0.25) is 4.79 Å². The second-order valence-corrected chi connectivity index (χ2v) is 8.96. The summed E-state index contributed by atoms with van der Waals surface area (Å²) in [5, 5.41) is 2.49. The lowest BCUT2D eigenvalue weighted by Gasteiger charge is -2.35. The molecule has 1 fully saturated rings. The maximum absolute atomic E-state index is 13.3. The summed E-state index contributed by atoms with van der Waals surface area (Å²) in [6, 6.07) is 12.1. The van der Waals surface area contributed by atoms with Gasteiger partial charge in [0.25, 0.3) is 0 Å². The van der Waals surface area contributed by atoms with E-state index in [4.69, 9.17) is 0 Å². The third-order valence-electron chi connectivity index (χ3n) is 4.79. The molecular weight excluding hydrogens is 381 g/mol. The number of sulfonamides is 1. The highest BCUT2D eigenvalue weighted by molar-refractivity contribution is 7.89. The van der Waals surface area contributed by atoms with Crippen LogP contribution in [-0.4, -0.2) is 50.6 Å². The number of carbonyl (C=O) groups is 1. The van der Waals surface area contributed by atoms with E-state index >= 15 is 0 Å². The van der Waals surface area contributed by atoms with Crippen molar-refractivity contribution in [3.63, 3.8) is 0 Å². The van der Waals surface area contributed by atoms with Gasteiger partial charge in [-0.2, -0.15) is 4.31 Å². The minimum absolute atomic E-state index is 0.282. The van der Waals surface area contributed by atoms with E-state index in [9.17, 15) is 17.6 Å². The molecule has 0 unspecified atom stereocenters. The summed E-state index contributed by atoms with van der Waals surface area (Å²) in [4.78, 5) is 14.3. The van der Waals surface area contributed by atoms with Crippen molar-refractivity contribution in [3.05, 3.63) is 59.4 Å². The summed E-state index contributed by atoms with van der Waals surface area (Å²) in [5.74, 6) is -1.82. The fourth-order valence-electron chi connectivity index (χ4n) is 3.22. The summed E-state index contributed by atoms with van der Waals surface area (Å²) in [6.07, 6.45) is 0. The summed E-state index contributed by atoms with van der Waals surface area (Å²) < 4.78 is 39.9. The van der Waals surface area contributed by atoms with Crippen molar-refractivity contribution in [1.82, 2.24) is 4.31 Å². The Labute approximate surface area is 165 Å². The quantitative estimate of drug-likeness (QED) is 0.830. The van der Waals surface area contributed by atoms with E-state index in [2.05, 4.69) is 16.3 Å². The molecular formula is C20H24FN3O3S. The number of nitrogens with one attached hydrogen (secondary N) is 1. The zero-order chi connectivity index (χ0) is 20.3. The summed E-state index contributed by atoms with van der Waals surface area (Å²) in [7, 11) is -3.74. The minimum atomic E-state index is -3.74. The van der Waals surface area contributed by atoms with E-state index < -0.39 is 27.5 Å². The first-order valence-electron chi connectivity index (χ1n) is 9.10. The molecule has 0 spiro atoms. The number of amides is 1. The number of benzene rings is 2. The van der Waals surface area contributed by atoms with Crippen LogP contribution in [0.25, 0.3) is 0 Å². The Morgan fingerprint density at radius 1 is 1.07 bits per heavy atom. The second-order valence-electron chi connectivity index (χ2n) is 6.99. The number of hydrogen-bond donors (Lipinski definition) is 1. The molecule has 150 valence electrons. The average Bonchev–Trinajstić information content (AvgIpc) is 2.64. The van der Waals surface area contributed by atoms with Crippen LogP contribution in [0.3, 0.4) is 0 Å². The van der Waals surface area contributed by atoms with Crippen LogP contribution in [0.5, 0.6) is 0 Å². The van der Waals surface area contributed by atoms with Crippen molar-refractivity contribution in [2.45, 2.75) is 13.8 Å². The molecule has 1 N–H and O–H groups in total. The number of halogens is 1. The van der Waals surface area contributed by atoms with Gasteiger partial charge in [0, 0.05) is 37.6 Å².